The molecule has 5 heterocycles. The zero-order chi connectivity index (χ0) is 32.1. The van der Waals surface area contributed by atoms with Crippen LogP contribution < -0.4 is 30.2 Å². The molecule has 0 unspecified atom stereocenters. The first kappa shape index (κ1) is 27.9. The van der Waals surface area contributed by atoms with Gasteiger partial charge < -0.3 is 19.2 Å². The highest BCUT2D eigenvalue weighted by Crippen LogP contribution is 2.66. The molecular weight excluding hydrogens is 654 g/mol. The van der Waals surface area contributed by atoms with E-state index in [4.69, 9.17) is 0 Å². The Hall–Kier alpha value is -4.95. The van der Waals surface area contributed by atoms with E-state index in [1.807, 2.05) is 34.9 Å². The fraction of sp³-hybridized carbons (Fsp3) is 0. The molecule has 0 fully saturated rings. The molecule has 0 N–H and O–H groups in total. The van der Waals surface area contributed by atoms with Crippen molar-refractivity contribution in [3.63, 3.8) is 0 Å². The fourth-order valence-electron chi connectivity index (χ4n) is 7.90. The van der Waals surface area contributed by atoms with E-state index in [1.54, 1.807) is 0 Å². The molecule has 9 heteroatoms. The average Bonchev–Trinajstić information content (AvgIpc) is 3.72. The molecule has 4 aliphatic heterocycles. The van der Waals surface area contributed by atoms with Crippen molar-refractivity contribution in [3.05, 3.63) is 158 Å². The van der Waals surface area contributed by atoms with E-state index in [-0.39, 0.29) is 14.0 Å². The lowest BCUT2D eigenvalue weighted by atomic mass is 9.64. The van der Waals surface area contributed by atoms with Crippen LogP contribution in [0.1, 0.15) is 0 Å². The van der Waals surface area contributed by atoms with Gasteiger partial charge in [-0.2, -0.15) is 0 Å². The summed E-state index contributed by atoms with van der Waals surface area (Å²) in [5.74, 6) is 0. The number of anilines is 8. The predicted octanol–water partition coefficient (Wildman–Crippen LogP) is 10.0. The van der Waals surface area contributed by atoms with Gasteiger partial charge in [-0.05, 0) is 71.6 Å². The summed E-state index contributed by atoms with van der Waals surface area (Å²) in [6, 6.07) is 57.8. The molecule has 0 radical (unpaired) electrons. The van der Waals surface area contributed by atoms with Crippen molar-refractivity contribution in [2.75, 3.05) is 19.2 Å². The molecule has 0 bridgehead atoms. The minimum atomic E-state index is -0.0468. The first-order valence-corrected chi connectivity index (χ1v) is 19.0. The maximum absolute atomic E-state index is 2.62. The van der Waals surface area contributed by atoms with Crippen molar-refractivity contribution in [2.24, 2.45) is 0 Å². The molecule has 1 aromatic heterocycles. The lowest BCUT2D eigenvalue weighted by Crippen LogP contribution is -2.54. The van der Waals surface area contributed by atoms with Gasteiger partial charge in [-0.3, -0.25) is 0 Å². The Bertz CT molecular complexity index is 2250. The third-order valence-electron chi connectivity index (χ3n) is 9.87. The third kappa shape index (κ3) is 3.98. The molecule has 49 heavy (non-hydrogen) atoms. The minimum Gasteiger partial charge on any atom is -0.357 e. The molecule has 0 saturated carbocycles. The molecule has 6 aromatic carbocycles. The summed E-state index contributed by atoms with van der Waals surface area (Å²) in [5.41, 5.74) is 10.00. The maximum Gasteiger partial charge on any atom is 0.422 e. The van der Waals surface area contributed by atoms with Gasteiger partial charge in [-0.25, -0.2) is 0 Å². The Morgan fingerprint density at radius 2 is 0.714 bits per heavy atom. The van der Waals surface area contributed by atoms with Crippen LogP contribution in [0.4, 0.5) is 44.1 Å². The quantitative estimate of drug-likeness (QED) is 0.168. The van der Waals surface area contributed by atoms with Gasteiger partial charge in [-0.1, -0.05) is 132 Å². The number of hydrogen-bond donors (Lipinski definition) is 0. The lowest BCUT2D eigenvalue weighted by molar-refractivity contribution is 1.34. The lowest BCUT2D eigenvalue weighted by Gasteiger charge is -2.32. The number of para-hydroxylation sites is 4. The second-order valence-electron chi connectivity index (χ2n) is 12.5. The average molecular weight is 681 g/mol. The second kappa shape index (κ2) is 10.8. The van der Waals surface area contributed by atoms with Crippen molar-refractivity contribution in [3.8, 4) is 0 Å². The van der Waals surface area contributed by atoms with Crippen LogP contribution in [-0.4, -0.2) is 14.0 Å². The number of fused-ring (bicyclic) bond motifs is 15. The number of benzene rings is 6. The van der Waals surface area contributed by atoms with Gasteiger partial charge in [0.25, 0.3) is 0 Å². The molecule has 0 amide bonds. The maximum atomic E-state index is 2.62. The van der Waals surface area contributed by atoms with E-state index in [1.165, 1.54) is 74.6 Å². The van der Waals surface area contributed by atoms with Gasteiger partial charge in [0, 0.05) is 42.3 Å². The van der Waals surface area contributed by atoms with Crippen LogP contribution in [-0.2, 0) is 0 Å². The van der Waals surface area contributed by atoms with E-state index >= 15 is 0 Å². The largest absolute Gasteiger partial charge is 0.422 e. The van der Waals surface area contributed by atoms with Gasteiger partial charge in [0.2, 0.25) is 0 Å². The monoisotopic (exact) mass is 680 g/mol. The van der Waals surface area contributed by atoms with E-state index in [2.05, 4.69) is 177 Å². The number of nitrogens with zero attached hydrogens (tertiary/aromatic N) is 4. The molecule has 0 saturated heterocycles. The van der Waals surface area contributed by atoms with Crippen LogP contribution in [0.25, 0.3) is 0 Å². The van der Waals surface area contributed by atoms with Gasteiger partial charge in [0.15, 0.2) is 0 Å². The van der Waals surface area contributed by atoms with E-state index in [0.29, 0.717) is 0 Å². The van der Waals surface area contributed by atoms with Gasteiger partial charge in [0.05, 0.1) is 11.4 Å². The molecular formula is C40H26B2N4S3. The summed E-state index contributed by atoms with van der Waals surface area (Å²) < 4.78 is 0. The zero-order valence-electron chi connectivity index (χ0n) is 26.2. The molecule has 0 atom stereocenters. The summed E-state index contributed by atoms with van der Waals surface area (Å²) in [6.07, 6.45) is 0. The van der Waals surface area contributed by atoms with Crippen molar-refractivity contribution < 1.29 is 0 Å². The van der Waals surface area contributed by atoms with Crippen molar-refractivity contribution in [2.45, 2.75) is 19.6 Å². The highest BCUT2D eigenvalue weighted by molar-refractivity contribution is 8.00. The predicted molar refractivity (Wildman–Crippen MR) is 211 cm³/mol. The first-order valence-electron chi connectivity index (χ1n) is 16.5. The molecule has 230 valence electrons. The number of thiophene rings is 1. The summed E-state index contributed by atoms with van der Waals surface area (Å²) >= 11 is 5.68. The first-order chi connectivity index (χ1) is 24.3. The highest BCUT2D eigenvalue weighted by atomic mass is 32.2. The smallest absolute Gasteiger partial charge is 0.357 e. The number of rotatable bonds is 2. The van der Waals surface area contributed by atoms with Gasteiger partial charge >= 0.3 is 14.0 Å². The van der Waals surface area contributed by atoms with Crippen molar-refractivity contribution in [1.82, 2.24) is 0 Å². The van der Waals surface area contributed by atoms with E-state index in [0.717, 1.165) is 0 Å². The van der Waals surface area contributed by atoms with Crippen LogP contribution >= 0.6 is 34.9 Å². The van der Waals surface area contributed by atoms with Gasteiger partial charge in [-0.15, -0.1) is 0 Å². The van der Waals surface area contributed by atoms with Crippen molar-refractivity contribution >= 4 is 104 Å². The minimum absolute atomic E-state index is 0.0468. The second-order valence-corrected chi connectivity index (χ2v) is 15.7. The van der Waals surface area contributed by atoms with E-state index in [9.17, 15) is 0 Å². The summed E-state index contributed by atoms with van der Waals surface area (Å²) in [7, 11) is 0. The Morgan fingerprint density at radius 1 is 0.347 bits per heavy atom. The van der Waals surface area contributed by atoms with Crippen LogP contribution in [0.15, 0.2) is 177 Å². The Balaban J connectivity index is 1.26. The SMILES string of the molecule is c1ccc(N2B3c4ccccc4Sc4ccccc4N3c3sc4c(c32)N(c2ccccc2)B2c3ccccc3Sc3ccccc3N24)cc1. The summed E-state index contributed by atoms with van der Waals surface area (Å²) in [4.78, 5) is 15.6. The Labute approximate surface area is 298 Å². The molecule has 0 spiro atoms. The Morgan fingerprint density at radius 3 is 1.16 bits per heavy atom. The zero-order valence-corrected chi connectivity index (χ0v) is 28.6. The molecule has 11 rings (SSSR count). The molecule has 4 nitrogen and oxygen atoms in total. The van der Waals surface area contributed by atoms with Crippen LogP contribution in [0.3, 0.4) is 0 Å². The standard InChI is InChI=1S/C40H26B2N4S3/c1-3-15-27(16-4-1)43-37-38-40(49-39(37)45-31-21-9-13-25-35(31)47-33-23-11-7-19-29(33)41(43)45)46-32-22-10-14-26-36(32)48-34-24-12-8-20-30(34)42(46)44(38)28-17-5-2-6-18-28/h1-26H. The highest BCUT2D eigenvalue weighted by Gasteiger charge is 2.56. The molecule has 0 aliphatic carbocycles. The van der Waals surface area contributed by atoms with E-state index < -0.39 is 0 Å². The van der Waals surface area contributed by atoms with Crippen LogP contribution in [0.2, 0.25) is 0 Å². The topological polar surface area (TPSA) is 13.0 Å². The normalized spacial score (nSPS) is 14.9. The van der Waals surface area contributed by atoms with Crippen molar-refractivity contribution in [1.29, 1.82) is 0 Å². The fourth-order valence-corrected chi connectivity index (χ4v) is 11.4. The number of hydrogen-bond acceptors (Lipinski definition) is 7. The summed E-state index contributed by atoms with van der Waals surface area (Å²) in [5, 5.41) is 2.54. The third-order valence-corrected chi connectivity index (χ3v) is 13.4. The van der Waals surface area contributed by atoms with Crippen LogP contribution in [0, 0.1) is 0 Å². The molecule has 4 aliphatic rings. The van der Waals surface area contributed by atoms with Gasteiger partial charge in [0.1, 0.15) is 10.0 Å². The molecule has 7 aromatic rings. The summed E-state index contributed by atoms with van der Waals surface area (Å²) in [6.45, 7) is -0.0936. The van der Waals surface area contributed by atoms with Crippen LogP contribution in [0.5, 0.6) is 0 Å². The Kier molecular flexibility index (Phi) is 6.15.